The lowest BCUT2D eigenvalue weighted by atomic mass is 9.94. The fourth-order valence-electron chi connectivity index (χ4n) is 2.41. The lowest BCUT2D eigenvalue weighted by molar-refractivity contribution is 0.0570. The molecule has 0 saturated carbocycles. The summed E-state index contributed by atoms with van der Waals surface area (Å²) >= 11 is 0. The molecule has 18 heavy (non-hydrogen) atoms. The number of halogens is 1. The monoisotopic (exact) mass is 251 g/mol. The molecule has 2 unspecified atom stereocenters. The Hall–Kier alpha value is -1.58. The van der Waals surface area contributed by atoms with Crippen LogP contribution in [0.4, 0.5) is 4.39 Å². The number of benzene rings is 1. The first-order valence-corrected chi connectivity index (χ1v) is 6.28. The second kappa shape index (κ2) is 4.96. The van der Waals surface area contributed by atoms with E-state index in [1.165, 1.54) is 6.07 Å². The SMILES string of the molecule is CC1CCC(C)N(C(=O)c2cc(F)ccc2O)C1. The summed E-state index contributed by atoms with van der Waals surface area (Å²) in [4.78, 5) is 14.1. The fourth-order valence-corrected chi connectivity index (χ4v) is 2.41. The molecule has 3 nitrogen and oxygen atoms in total. The largest absolute Gasteiger partial charge is 0.507 e. The Bertz CT molecular complexity index is 461. The van der Waals surface area contributed by atoms with Gasteiger partial charge in [-0.3, -0.25) is 4.79 Å². The van der Waals surface area contributed by atoms with Crippen LogP contribution in [0, 0.1) is 11.7 Å². The number of amides is 1. The molecule has 2 rings (SSSR count). The van der Waals surface area contributed by atoms with Gasteiger partial charge in [-0.15, -0.1) is 0 Å². The van der Waals surface area contributed by atoms with Gasteiger partial charge in [0.15, 0.2) is 0 Å². The van der Waals surface area contributed by atoms with Crippen molar-refractivity contribution in [2.24, 2.45) is 5.92 Å². The summed E-state index contributed by atoms with van der Waals surface area (Å²) < 4.78 is 13.2. The molecule has 1 N–H and O–H groups in total. The predicted octanol–water partition coefficient (Wildman–Crippen LogP) is 2.79. The Morgan fingerprint density at radius 3 is 2.83 bits per heavy atom. The first-order chi connectivity index (χ1) is 8.49. The van der Waals surface area contributed by atoms with Gasteiger partial charge < -0.3 is 10.0 Å². The Kier molecular flexibility index (Phi) is 3.55. The molecule has 1 aromatic rings. The van der Waals surface area contributed by atoms with Gasteiger partial charge in [-0.05, 0) is 43.9 Å². The van der Waals surface area contributed by atoms with Crippen molar-refractivity contribution in [3.8, 4) is 5.75 Å². The number of likely N-dealkylation sites (tertiary alicyclic amines) is 1. The minimum absolute atomic E-state index is 0.0518. The molecule has 1 aliphatic rings. The summed E-state index contributed by atoms with van der Waals surface area (Å²) in [5, 5.41) is 9.67. The highest BCUT2D eigenvalue weighted by Gasteiger charge is 2.29. The number of carbonyl (C=O) groups excluding carboxylic acids is 1. The third-order valence-corrected chi connectivity index (χ3v) is 3.57. The van der Waals surface area contributed by atoms with Crippen LogP contribution in [-0.4, -0.2) is 28.5 Å². The predicted molar refractivity (Wildman–Crippen MR) is 67.0 cm³/mol. The quantitative estimate of drug-likeness (QED) is 0.833. The van der Waals surface area contributed by atoms with E-state index in [0.29, 0.717) is 12.5 Å². The van der Waals surface area contributed by atoms with Crippen molar-refractivity contribution in [1.29, 1.82) is 0 Å². The minimum atomic E-state index is -0.506. The van der Waals surface area contributed by atoms with E-state index in [1.807, 2.05) is 6.92 Å². The highest BCUT2D eigenvalue weighted by molar-refractivity contribution is 5.97. The molecule has 1 aliphatic heterocycles. The van der Waals surface area contributed by atoms with Crippen molar-refractivity contribution in [3.63, 3.8) is 0 Å². The number of carbonyl (C=O) groups is 1. The molecule has 98 valence electrons. The molecule has 1 heterocycles. The number of piperidine rings is 1. The smallest absolute Gasteiger partial charge is 0.257 e. The first kappa shape index (κ1) is 12.9. The zero-order valence-corrected chi connectivity index (χ0v) is 10.7. The van der Waals surface area contributed by atoms with Crippen molar-refractivity contribution >= 4 is 5.91 Å². The third-order valence-electron chi connectivity index (χ3n) is 3.57. The maximum Gasteiger partial charge on any atom is 0.257 e. The molecule has 0 aromatic heterocycles. The van der Waals surface area contributed by atoms with E-state index < -0.39 is 5.82 Å². The molecular formula is C14H18FNO2. The van der Waals surface area contributed by atoms with Crippen LogP contribution >= 0.6 is 0 Å². The Balaban J connectivity index is 2.27. The summed E-state index contributed by atoms with van der Waals surface area (Å²) in [6.45, 7) is 4.74. The van der Waals surface area contributed by atoms with Crippen LogP contribution in [0.15, 0.2) is 18.2 Å². The molecule has 0 spiro atoms. The number of nitrogens with zero attached hydrogens (tertiary/aromatic N) is 1. The molecule has 0 radical (unpaired) electrons. The Labute approximate surface area is 106 Å². The summed E-state index contributed by atoms with van der Waals surface area (Å²) in [5.74, 6) is -0.507. The van der Waals surface area contributed by atoms with Gasteiger partial charge in [-0.1, -0.05) is 6.92 Å². The van der Waals surface area contributed by atoms with Gasteiger partial charge in [0.05, 0.1) is 5.56 Å². The first-order valence-electron chi connectivity index (χ1n) is 6.28. The molecular weight excluding hydrogens is 233 g/mol. The summed E-state index contributed by atoms with van der Waals surface area (Å²) in [6.07, 6.45) is 2.04. The number of hydrogen-bond donors (Lipinski definition) is 1. The molecule has 1 fully saturated rings. The average molecular weight is 251 g/mol. The van der Waals surface area contributed by atoms with E-state index in [-0.39, 0.29) is 23.3 Å². The lowest BCUT2D eigenvalue weighted by Gasteiger charge is -2.37. The molecule has 1 aromatic carbocycles. The van der Waals surface area contributed by atoms with E-state index in [1.54, 1.807) is 4.90 Å². The van der Waals surface area contributed by atoms with Crippen molar-refractivity contribution < 1.29 is 14.3 Å². The Morgan fingerprint density at radius 1 is 1.39 bits per heavy atom. The van der Waals surface area contributed by atoms with Crippen LogP contribution in [-0.2, 0) is 0 Å². The van der Waals surface area contributed by atoms with Crippen molar-refractivity contribution in [2.75, 3.05) is 6.54 Å². The highest BCUT2D eigenvalue weighted by Crippen LogP contribution is 2.26. The second-order valence-corrected chi connectivity index (χ2v) is 5.15. The van der Waals surface area contributed by atoms with E-state index in [2.05, 4.69) is 6.92 Å². The summed E-state index contributed by atoms with van der Waals surface area (Å²) in [6, 6.07) is 3.61. The van der Waals surface area contributed by atoms with E-state index in [4.69, 9.17) is 0 Å². The number of phenols is 1. The Morgan fingerprint density at radius 2 is 2.11 bits per heavy atom. The van der Waals surface area contributed by atoms with Gasteiger partial charge in [-0.2, -0.15) is 0 Å². The van der Waals surface area contributed by atoms with Gasteiger partial charge in [-0.25, -0.2) is 4.39 Å². The van der Waals surface area contributed by atoms with Gasteiger partial charge in [0.2, 0.25) is 0 Å². The maximum absolute atomic E-state index is 13.2. The van der Waals surface area contributed by atoms with Crippen LogP contribution in [0.1, 0.15) is 37.0 Å². The van der Waals surface area contributed by atoms with Crippen LogP contribution in [0.25, 0.3) is 0 Å². The normalized spacial score (nSPS) is 24.1. The number of rotatable bonds is 1. The fraction of sp³-hybridized carbons (Fsp3) is 0.500. The van der Waals surface area contributed by atoms with Crippen LogP contribution in [0.5, 0.6) is 5.75 Å². The maximum atomic E-state index is 13.2. The molecule has 0 bridgehead atoms. The third kappa shape index (κ3) is 2.47. The minimum Gasteiger partial charge on any atom is -0.507 e. The summed E-state index contributed by atoms with van der Waals surface area (Å²) in [5.41, 5.74) is 0.0518. The van der Waals surface area contributed by atoms with Gasteiger partial charge in [0.25, 0.3) is 5.91 Å². The molecule has 0 aliphatic carbocycles. The van der Waals surface area contributed by atoms with Gasteiger partial charge in [0.1, 0.15) is 11.6 Å². The van der Waals surface area contributed by atoms with E-state index in [0.717, 1.165) is 25.0 Å². The molecule has 2 atom stereocenters. The van der Waals surface area contributed by atoms with Gasteiger partial charge in [0, 0.05) is 12.6 Å². The van der Waals surface area contributed by atoms with E-state index in [9.17, 15) is 14.3 Å². The molecule has 1 amide bonds. The molecule has 1 saturated heterocycles. The zero-order valence-electron chi connectivity index (χ0n) is 10.7. The number of phenolic OH excluding ortho intramolecular Hbond substituents is 1. The van der Waals surface area contributed by atoms with Crippen molar-refractivity contribution in [1.82, 2.24) is 4.90 Å². The average Bonchev–Trinajstić information content (AvgIpc) is 2.34. The van der Waals surface area contributed by atoms with Crippen LogP contribution in [0.3, 0.4) is 0 Å². The molecule has 4 heteroatoms. The summed E-state index contributed by atoms with van der Waals surface area (Å²) in [7, 11) is 0. The van der Waals surface area contributed by atoms with Crippen LogP contribution in [0.2, 0.25) is 0 Å². The van der Waals surface area contributed by atoms with Crippen LogP contribution < -0.4 is 0 Å². The van der Waals surface area contributed by atoms with E-state index >= 15 is 0 Å². The lowest BCUT2D eigenvalue weighted by Crippen LogP contribution is -2.44. The topological polar surface area (TPSA) is 40.5 Å². The number of aromatic hydroxyl groups is 1. The van der Waals surface area contributed by atoms with Crippen molar-refractivity contribution in [3.05, 3.63) is 29.6 Å². The highest BCUT2D eigenvalue weighted by atomic mass is 19.1. The standard InChI is InChI=1S/C14H18FNO2/c1-9-3-4-10(2)16(8-9)14(18)12-7-11(15)5-6-13(12)17/h5-7,9-10,17H,3-4,8H2,1-2H3. The van der Waals surface area contributed by atoms with Gasteiger partial charge >= 0.3 is 0 Å². The second-order valence-electron chi connectivity index (χ2n) is 5.15. The zero-order chi connectivity index (χ0) is 13.3. The number of hydrogen-bond acceptors (Lipinski definition) is 2. The van der Waals surface area contributed by atoms with Crippen molar-refractivity contribution in [2.45, 2.75) is 32.7 Å².